The molecule has 1 aliphatic heterocycles. The van der Waals surface area contributed by atoms with Crippen LogP contribution >= 0.6 is 11.3 Å². The first kappa shape index (κ1) is 22.6. The van der Waals surface area contributed by atoms with E-state index in [4.69, 9.17) is 9.84 Å². The normalized spacial score (nSPS) is 15.2. The molecule has 0 unspecified atom stereocenters. The maximum absolute atomic E-state index is 13.3. The van der Waals surface area contributed by atoms with Gasteiger partial charge in [-0.15, -0.1) is 5.10 Å². The van der Waals surface area contributed by atoms with Crippen LogP contribution in [0.2, 0.25) is 0 Å². The number of nitrogens with zero attached hydrogens (tertiary/aromatic N) is 5. The Morgan fingerprint density at radius 2 is 1.82 bits per heavy atom. The van der Waals surface area contributed by atoms with Gasteiger partial charge in [0, 0.05) is 29.3 Å². The molecule has 0 saturated heterocycles. The van der Waals surface area contributed by atoms with Crippen molar-refractivity contribution in [2.45, 2.75) is 19.4 Å². The molecular weight excluding hydrogens is 501 g/mol. The number of para-hydroxylation sites is 1. The standard InChI is InChI=1S/C29H20FN5O2S/c1-17-13-20-14-19(9-12-24(20)37-17)26-21(16-34(32-26)23-5-3-2-4-6-23)15-25-28(36)35-29(38-25)31-27(33-35)18-7-10-22(30)11-8-18/h2-12,14-17H,13H2,1H3/b25-15-/t17-/m1/s1. The summed E-state index contributed by atoms with van der Waals surface area (Å²) in [6, 6.07) is 21.8. The second-order valence-electron chi connectivity index (χ2n) is 9.22. The van der Waals surface area contributed by atoms with Crippen molar-refractivity contribution in [2.24, 2.45) is 0 Å². The summed E-state index contributed by atoms with van der Waals surface area (Å²) >= 11 is 1.26. The highest BCUT2D eigenvalue weighted by molar-refractivity contribution is 7.15. The van der Waals surface area contributed by atoms with Crippen molar-refractivity contribution in [1.29, 1.82) is 0 Å². The van der Waals surface area contributed by atoms with Gasteiger partial charge in [-0.1, -0.05) is 29.5 Å². The molecule has 4 heterocycles. The zero-order valence-corrected chi connectivity index (χ0v) is 21.0. The molecule has 7 rings (SSSR count). The quantitative estimate of drug-likeness (QED) is 0.337. The molecule has 38 heavy (non-hydrogen) atoms. The topological polar surface area (TPSA) is 74.3 Å². The van der Waals surface area contributed by atoms with E-state index in [0.717, 1.165) is 40.2 Å². The Labute approximate surface area is 220 Å². The third-order valence-corrected chi connectivity index (χ3v) is 7.46. The van der Waals surface area contributed by atoms with Gasteiger partial charge in [-0.25, -0.2) is 9.07 Å². The Morgan fingerprint density at radius 3 is 2.61 bits per heavy atom. The molecule has 0 spiro atoms. The lowest BCUT2D eigenvalue weighted by atomic mass is 10.0. The second-order valence-corrected chi connectivity index (χ2v) is 10.2. The summed E-state index contributed by atoms with van der Waals surface area (Å²) in [4.78, 5) is 18.3. The zero-order chi connectivity index (χ0) is 25.8. The summed E-state index contributed by atoms with van der Waals surface area (Å²) in [6.45, 7) is 2.06. The second kappa shape index (κ2) is 8.74. The number of rotatable bonds is 4. The van der Waals surface area contributed by atoms with E-state index in [-0.39, 0.29) is 17.5 Å². The van der Waals surface area contributed by atoms with Crippen molar-refractivity contribution in [3.63, 3.8) is 0 Å². The monoisotopic (exact) mass is 521 g/mol. The van der Waals surface area contributed by atoms with Crippen molar-refractivity contribution in [1.82, 2.24) is 24.4 Å². The molecule has 1 aliphatic rings. The lowest BCUT2D eigenvalue weighted by Crippen LogP contribution is -2.23. The first-order chi connectivity index (χ1) is 18.5. The molecule has 6 aromatic rings. The van der Waals surface area contributed by atoms with Crippen LogP contribution in [0.1, 0.15) is 18.1 Å². The Hall–Kier alpha value is -4.63. The molecule has 0 fully saturated rings. The number of halogens is 1. The van der Waals surface area contributed by atoms with Crippen LogP contribution in [-0.2, 0) is 6.42 Å². The predicted octanol–water partition coefficient (Wildman–Crippen LogP) is 4.68. The Morgan fingerprint density at radius 1 is 1.03 bits per heavy atom. The summed E-state index contributed by atoms with van der Waals surface area (Å²) in [7, 11) is 0. The number of ether oxygens (including phenoxy) is 1. The highest BCUT2D eigenvalue weighted by Crippen LogP contribution is 2.34. The fourth-order valence-electron chi connectivity index (χ4n) is 4.70. The van der Waals surface area contributed by atoms with Crippen LogP contribution < -0.4 is 14.8 Å². The van der Waals surface area contributed by atoms with Crippen molar-refractivity contribution in [3.05, 3.63) is 111 Å². The van der Waals surface area contributed by atoms with Gasteiger partial charge < -0.3 is 4.74 Å². The molecule has 3 aromatic carbocycles. The van der Waals surface area contributed by atoms with Gasteiger partial charge in [0.2, 0.25) is 4.96 Å². The summed E-state index contributed by atoms with van der Waals surface area (Å²) in [5, 5.41) is 9.28. The van der Waals surface area contributed by atoms with Crippen LogP contribution in [0.4, 0.5) is 4.39 Å². The highest BCUT2D eigenvalue weighted by atomic mass is 32.1. The smallest absolute Gasteiger partial charge is 0.291 e. The molecule has 9 heteroatoms. The van der Waals surface area contributed by atoms with E-state index >= 15 is 0 Å². The Balaban J connectivity index is 1.35. The van der Waals surface area contributed by atoms with Crippen molar-refractivity contribution >= 4 is 22.4 Å². The molecule has 0 bridgehead atoms. The summed E-state index contributed by atoms with van der Waals surface area (Å²) in [6.07, 6.45) is 4.76. The fourth-order valence-corrected chi connectivity index (χ4v) is 5.59. The first-order valence-corrected chi connectivity index (χ1v) is 13.0. The van der Waals surface area contributed by atoms with E-state index in [0.29, 0.717) is 20.9 Å². The number of hydrogen-bond donors (Lipinski definition) is 0. The third-order valence-electron chi connectivity index (χ3n) is 6.50. The van der Waals surface area contributed by atoms with Crippen LogP contribution in [0, 0.1) is 5.82 Å². The molecule has 0 radical (unpaired) electrons. The molecule has 7 nitrogen and oxygen atoms in total. The first-order valence-electron chi connectivity index (χ1n) is 12.1. The van der Waals surface area contributed by atoms with Gasteiger partial charge in [-0.3, -0.25) is 4.79 Å². The average Bonchev–Trinajstić information content (AvgIpc) is 3.69. The summed E-state index contributed by atoms with van der Waals surface area (Å²) in [5.74, 6) is 0.944. The molecule has 0 saturated carbocycles. The fraction of sp³-hybridized carbons (Fsp3) is 0.103. The number of aromatic nitrogens is 5. The lowest BCUT2D eigenvalue weighted by Gasteiger charge is -2.04. The van der Waals surface area contributed by atoms with E-state index in [2.05, 4.69) is 23.1 Å². The van der Waals surface area contributed by atoms with Crippen molar-refractivity contribution in [2.75, 3.05) is 0 Å². The number of benzene rings is 3. The molecule has 0 aliphatic carbocycles. The maximum atomic E-state index is 13.3. The van der Waals surface area contributed by atoms with E-state index in [1.165, 1.54) is 28.0 Å². The van der Waals surface area contributed by atoms with Crippen LogP contribution in [0.5, 0.6) is 5.75 Å². The van der Waals surface area contributed by atoms with Gasteiger partial charge in [0.1, 0.15) is 23.4 Å². The van der Waals surface area contributed by atoms with Crippen LogP contribution in [-0.4, -0.2) is 30.5 Å². The van der Waals surface area contributed by atoms with E-state index < -0.39 is 0 Å². The SMILES string of the molecule is C[C@@H]1Cc2cc(-c3nn(-c4ccccc4)cc3/C=c3\sc4nc(-c5ccc(F)cc5)nn4c3=O)ccc2O1. The lowest BCUT2D eigenvalue weighted by molar-refractivity contribution is 0.254. The number of thiazole rings is 1. The molecule has 186 valence electrons. The maximum Gasteiger partial charge on any atom is 0.291 e. The number of hydrogen-bond acceptors (Lipinski definition) is 6. The number of fused-ring (bicyclic) bond motifs is 2. The zero-order valence-electron chi connectivity index (χ0n) is 20.2. The van der Waals surface area contributed by atoms with E-state index in [1.54, 1.807) is 12.1 Å². The van der Waals surface area contributed by atoms with Crippen molar-refractivity contribution < 1.29 is 9.13 Å². The van der Waals surface area contributed by atoms with Gasteiger partial charge >= 0.3 is 0 Å². The average molecular weight is 522 g/mol. The summed E-state index contributed by atoms with van der Waals surface area (Å²) in [5.41, 5.74) is 4.97. The highest BCUT2D eigenvalue weighted by Gasteiger charge is 2.21. The molecule has 3 aromatic heterocycles. The van der Waals surface area contributed by atoms with Gasteiger partial charge in [-0.05, 0) is 73.2 Å². The Bertz CT molecular complexity index is 1930. The minimum absolute atomic E-state index is 0.144. The van der Waals surface area contributed by atoms with Crippen molar-refractivity contribution in [3.8, 4) is 34.1 Å². The largest absolute Gasteiger partial charge is 0.490 e. The molecule has 1 atom stereocenters. The third kappa shape index (κ3) is 3.88. The molecular formula is C29H20FN5O2S. The van der Waals surface area contributed by atoms with Gasteiger partial charge in [0.15, 0.2) is 5.82 Å². The van der Waals surface area contributed by atoms with Gasteiger partial charge in [-0.2, -0.15) is 14.6 Å². The van der Waals surface area contributed by atoms with Crippen LogP contribution in [0.15, 0.2) is 83.8 Å². The van der Waals surface area contributed by atoms with E-state index in [9.17, 15) is 9.18 Å². The Kier molecular flexibility index (Phi) is 5.19. The van der Waals surface area contributed by atoms with E-state index in [1.807, 2.05) is 59.4 Å². The minimum Gasteiger partial charge on any atom is -0.490 e. The minimum atomic E-state index is -0.339. The predicted molar refractivity (Wildman–Crippen MR) is 144 cm³/mol. The summed E-state index contributed by atoms with van der Waals surface area (Å²) < 4.78 is 22.8. The van der Waals surface area contributed by atoms with Crippen LogP contribution in [0.25, 0.3) is 39.4 Å². The molecule has 0 N–H and O–H groups in total. The van der Waals surface area contributed by atoms with Crippen LogP contribution in [0.3, 0.4) is 0 Å². The molecule has 0 amide bonds. The van der Waals surface area contributed by atoms with Gasteiger partial charge in [0.05, 0.1) is 10.2 Å². The van der Waals surface area contributed by atoms with Gasteiger partial charge in [0.25, 0.3) is 5.56 Å².